The van der Waals surface area contributed by atoms with Gasteiger partial charge in [0.15, 0.2) is 5.78 Å². The minimum Gasteiger partial charge on any atom is -0.389 e. The maximum atomic E-state index is 11.4. The van der Waals surface area contributed by atoms with Gasteiger partial charge in [-0.15, -0.1) is 0 Å². The number of hydrogen-bond acceptors (Lipinski definition) is 5. The van der Waals surface area contributed by atoms with E-state index < -0.39 is 6.10 Å². The van der Waals surface area contributed by atoms with Gasteiger partial charge in [-0.05, 0) is 19.1 Å². The van der Waals surface area contributed by atoms with Crippen LogP contribution in [0, 0.1) is 0 Å². The molecule has 1 heterocycles. The maximum absolute atomic E-state index is 11.4. The van der Waals surface area contributed by atoms with E-state index in [9.17, 15) is 9.90 Å². The quantitative estimate of drug-likeness (QED) is 0.740. The van der Waals surface area contributed by atoms with E-state index in [0.717, 1.165) is 0 Å². The SMILES string of the molecule is COCC(O)CN(C)c1ncccc1C(C)=O. The van der Waals surface area contributed by atoms with Gasteiger partial charge in [-0.25, -0.2) is 4.98 Å². The summed E-state index contributed by atoms with van der Waals surface area (Å²) in [5.74, 6) is 0.538. The first-order chi connectivity index (χ1) is 8.06. The molecule has 0 aromatic carbocycles. The molecule has 1 atom stereocenters. The Kier molecular flexibility index (Phi) is 5.06. The molecule has 0 amide bonds. The van der Waals surface area contributed by atoms with Crippen LogP contribution in [0.1, 0.15) is 17.3 Å². The van der Waals surface area contributed by atoms with Crippen LogP contribution in [-0.4, -0.2) is 49.3 Å². The minimum absolute atomic E-state index is 0.0406. The Morgan fingerprint density at radius 1 is 1.65 bits per heavy atom. The van der Waals surface area contributed by atoms with Crippen molar-refractivity contribution in [1.82, 2.24) is 4.98 Å². The predicted molar refractivity (Wildman–Crippen MR) is 65.4 cm³/mol. The average molecular weight is 238 g/mol. The number of nitrogens with zero attached hydrogens (tertiary/aromatic N) is 2. The number of carbonyl (C=O) groups excluding carboxylic acids is 1. The molecule has 0 saturated heterocycles. The number of ether oxygens (including phenoxy) is 1. The Labute approximate surface area is 101 Å². The number of carbonyl (C=O) groups is 1. The highest BCUT2D eigenvalue weighted by Gasteiger charge is 2.14. The van der Waals surface area contributed by atoms with Crippen LogP contribution in [0.4, 0.5) is 5.82 Å². The standard InChI is InChI=1S/C12H18N2O3/c1-9(15)11-5-4-6-13-12(11)14(2)7-10(16)8-17-3/h4-6,10,16H,7-8H2,1-3H3. The zero-order chi connectivity index (χ0) is 12.8. The highest BCUT2D eigenvalue weighted by molar-refractivity contribution is 5.98. The molecular weight excluding hydrogens is 220 g/mol. The van der Waals surface area contributed by atoms with Crippen molar-refractivity contribution >= 4 is 11.6 Å². The topological polar surface area (TPSA) is 62.7 Å². The molecule has 0 aliphatic rings. The monoisotopic (exact) mass is 238 g/mol. The molecule has 0 aliphatic heterocycles. The lowest BCUT2D eigenvalue weighted by atomic mass is 10.2. The molecule has 17 heavy (non-hydrogen) atoms. The fourth-order valence-corrected chi connectivity index (χ4v) is 1.62. The van der Waals surface area contributed by atoms with Crippen molar-refractivity contribution in [2.75, 3.05) is 32.2 Å². The molecule has 0 bridgehead atoms. The Balaban J connectivity index is 2.81. The first-order valence-corrected chi connectivity index (χ1v) is 5.40. The first kappa shape index (κ1) is 13.6. The van der Waals surface area contributed by atoms with Crippen LogP contribution in [-0.2, 0) is 4.74 Å². The highest BCUT2D eigenvalue weighted by atomic mass is 16.5. The van der Waals surface area contributed by atoms with E-state index in [1.165, 1.54) is 14.0 Å². The summed E-state index contributed by atoms with van der Waals surface area (Å²) in [6, 6.07) is 3.45. The number of pyridine rings is 1. The normalized spacial score (nSPS) is 12.2. The molecule has 0 spiro atoms. The van der Waals surface area contributed by atoms with E-state index in [-0.39, 0.29) is 12.4 Å². The summed E-state index contributed by atoms with van der Waals surface area (Å²) in [6.45, 7) is 2.12. The third-order valence-electron chi connectivity index (χ3n) is 2.37. The molecule has 0 aliphatic carbocycles. The van der Waals surface area contributed by atoms with Gasteiger partial charge in [-0.1, -0.05) is 0 Å². The summed E-state index contributed by atoms with van der Waals surface area (Å²) in [6.07, 6.45) is 1.02. The fourth-order valence-electron chi connectivity index (χ4n) is 1.62. The number of methoxy groups -OCH3 is 1. The second-order valence-corrected chi connectivity index (χ2v) is 3.92. The average Bonchev–Trinajstić information content (AvgIpc) is 2.29. The number of likely N-dealkylation sites (N-methyl/N-ethyl adjacent to an activating group) is 1. The molecule has 0 fully saturated rings. The van der Waals surface area contributed by atoms with Gasteiger partial charge < -0.3 is 14.7 Å². The zero-order valence-electron chi connectivity index (χ0n) is 10.4. The molecule has 0 saturated carbocycles. The number of ketones is 1. The number of Topliss-reactive ketones (excluding diaryl/α,β-unsaturated/α-hetero) is 1. The van der Waals surface area contributed by atoms with Gasteiger partial charge in [0, 0.05) is 26.9 Å². The van der Waals surface area contributed by atoms with E-state index >= 15 is 0 Å². The van der Waals surface area contributed by atoms with Gasteiger partial charge in [-0.3, -0.25) is 4.79 Å². The summed E-state index contributed by atoms with van der Waals surface area (Å²) in [7, 11) is 3.32. The predicted octanol–water partition coefficient (Wildman–Crippen LogP) is 0.728. The van der Waals surface area contributed by atoms with Crippen LogP contribution in [0.15, 0.2) is 18.3 Å². The number of aliphatic hydroxyl groups is 1. The van der Waals surface area contributed by atoms with E-state index in [4.69, 9.17) is 4.74 Å². The van der Waals surface area contributed by atoms with Crippen LogP contribution in [0.25, 0.3) is 0 Å². The number of anilines is 1. The molecule has 5 nitrogen and oxygen atoms in total. The lowest BCUT2D eigenvalue weighted by molar-refractivity contribution is 0.0693. The molecule has 1 rings (SSSR count). The van der Waals surface area contributed by atoms with E-state index in [0.29, 0.717) is 17.9 Å². The van der Waals surface area contributed by atoms with Crippen molar-refractivity contribution in [3.63, 3.8) is 0 Å². The lowest BCUT2D eigenvalue weighted by Gasteiger charge is -2.22. The minimum atomic E-state index is -0.605. The maximum Gasteiger partial charge on any atom is 0.163 e. The van der Waals surface area contributed by atoms with Gasteiger partial charge in [-0.2, -0.15) is 0 Å². The van der Waals surface area contributed by atoms with Crippen molar-refractivity contribution < 1.29 is 14.6 Å². The Morgan fingerprint density at radius 3 is 2.94 bits per heavy atom. The van der Waals surface area contributed by atoms with E-state index in [2.05, 4.69) is 4.98 Å². The molecular formula is C12H18N2O3. The molecule has 1 N–H and O–H groups in total. The van der Waals surface area contributed by atoms with Crippen molar-refractivity contribution in [2.24, 2.45) is 0 Å². The van der Waals surface area contributed by atoms with E-state index in [1.54, 1.807) is 30.3 Å². The van der Waals surface area contributed by atoms with Crippen molar-refractivity contribution in [3.05, 3.63) is 23.9 Å². The van der Waals surface area contributed by atoms with Gasteiger partial charge >= 0.3 is 0 Å². The van der Waals surface area contributed by atoms with Gasteiger partial charge in [0.2, 0.25) is 0 Å². The Morgan fingerprint density at radius 2 is 2.35 bits per heavy atom. The van der Waals surface area contributed by atoms with Crippen molar-refractivity contribution in [3.8, 4) is 0 Å². The number of aromatic nitrogens is 1. The summed E-state index contributed by atoms with van der Waals surface area (Å²) >= 11 is 0. The summed E-state index contributed by atoms with van der Waals surface area (Å²) in [4.78, 5) is 17.3. The molecule has 1 unspecified atom stereocenters. The van der Waals surface area contributed by atoms with Gasteiger partial charge in [0.05, 0.1) is 18.3 Å². The Bertz CT molecular complexity index is 382. The zero-order valence-corrected chi connectivity index (χ0v) is 10.4. The third-order valence-corrected chi connectivity index (χ3v) is 2.37. The Hall–Kier alpha value is -1.46. The number of aliphatic hydroxyl groups excluding tert-OH is 1. The highest BCUT2D eigenvalue weighted by Crippen LogP contribution is 2.16. The molecule has 0 radical (unpaired) electrons. The van der Waals surface area contributed by atoms with Crippen LogP contribution in [0.3, 0.4) is 0 Å². The van der Waals surface area contributed by atoms with E-state index in [1.807, 2.05) is 0 Å². The largest absolute Gasteiger partial charge is 0.389 e. The van der Waals surface area contributed by atoms with Crippen LogP contribution < -0.4 is 4.90 Å². The van der Waals surface area contributed by atoms with Crippen LogP contribution in [0.5, 0.6) is 0 Å². The number of rotatable bonds is 6. The van der Waals surface area contributed by atoms with Crippen molar-refractivity contribution in [2.45, 2.75) is 13.0 Å². The molecule has 1 aromatic heterocycles. The summed E-state index contributed by atoms with van der Waals surface area (Å²) < 4.78 is 4.85. The third kappa shape index (κ3) is 3.80. The molecule has 1 aromatic rings. The molecule has 5 heteroatoms. The van der Waals surface area contributed by atoms with Gasteiger partial charge in [0.1, 0.15) is 5.82 Å². The van der Waals surface area contributed by atoms with Crippen LogP contribution in [0.2, 0.25) is 0 Å². The van der Waals surface area contributed by atoms with Crippen molar-refractivity contribution in [1.29, 1.82) is 0 Å². The first-order valence-electron chi connectivity index (χ1n) is 5.40. The number of hydrogen-bond donors (Lipinski definition) is 1. The van der Waals surface area contributed by atoms with Crippen LogP contribution >= 0.6 is 0 Å². The smallest absolute Gasteiger partial charge is 0.163 e. The summed E-state index contributed by atoms with van der Waals surface area (Å²) in [5.41, 5.74) is 0.555. The lowest BCUT2D eigenvalue weighted by Crippen LogP contribution is -2.33. The second-order valence-electron chi connectivity index (χ2n) is 3.92. The summed E-state index contributed by atoms with van der Waals surface area (Å²) in [5, 5.41) is 9.63. The molecule has 94 valence electrons. The fraction of sp³-hybridized carbons (Fsp3) is 0.500. The second kappa shape index (κ2) is 6.32. The van der Waals surface area contributed by atoms with Gasteiger partial charge in [0.25, 0.3) is 0 Å².